The number of nitrogens with one attached hydrogen (secondary N) is 2. The van der Waals surface area contributed by atoms with Gasteiger partial charge in [0.2, 0.25) is 5.91 Å². The highest BCUT2D eigenvalue weighted by molar-refractivity contribution is 7.71. The van der Waals surface area contributed by atoms with Crippen LogP contribution in [0.1, 0.15) is 25.5 Å². The maximum absolute atomic E-state index is 12.5. The second-order valence-corrected chi connectivity index (χ2v) is 6.50. The van der Waals surface area contributed by atoms with E-state index in [0.29, 0.717) is 16.4 Å². The molecule has 2 N–H and O–H groups in total. The van der Waals surface area contributed by atoms with Gasteiger partial charge in [-0.2, -0.15) is 10.2 Å². The normalized spacial score (nSPS) is 11.0. The van der Waals surface area contributed by atoms with Crippen LogP contribution in [0.5, 0.6) is 0 Å². The third-order valence-electron chi connectivity index (χ3n) is 3.76. The third kappa shape index (κ3) is 3.69. The molecule has 0 radical (unpaired) electrons. The summed E-state index contributed by atoms with van der Waals surface area (Å²) in [5.41, 5.74) is 2.02. The lowest BCUT2D eigenvalue weighted by atomic mass is 10.1. The van der Waals surface area contributed by atoms with E-state index in [1.165, 1.54) is 0 Å². The summed E-state index contributed by atoms with van der Waals surface area (Å²) < 4.78 is 3.85. The van der Waals surface area contributed by atoms with Crippen molar-refractivity contribution in [2.75, 3.05) is 5.32 Å². The van der Waals surface area contributed by atoms with E-state index in [2.05, 4.69) is 20.6 Å². The Hall–Kier alpha value is -2.74. The number of anilines is 1. The van der Waals surface area contributed by atoms with Gasteiger partial charge in [0.15, 0.2) is 10.6 Å². The van der Waals surface area contributed by atoms with Gasteiger partial charge in [0.05, 0.1) is 6.20 Å². The number of aromatic amines is 1. The number of carbonyl (C=O) groups excluding carboxylic acids is 1. The Bertz CT molecular complexity index is 952. The van der Waals surface area contributed by atoms with Gasteiger partial charge in [0.1, 0.15) is 12.4 Å². The molecule has 0 spiro atoms. The topological polar surface area (TPSA) is 80.5 Å². The number of rotatable bonds is 5. The van der Waals surface area contributed by atoms with Crippen LogP contribution in [0, 0.1) is 11.7 Å². The molecule has 2 aromatic heterocycles. The largest absolute Gasteiger partial charge is 0.309 e. The van der Waals surface area contributed by atoms with Gasteiger partial charge in [0.25, 0.3) is 0 Å². The van der Waals surface area contributed by atoms with Gasteiger partial charge in [-0.05, 0) is 39.1 Å². The molecule has 0 bridgehead atoms. The lowest BCUT2D eigenvalue weighted by Gasteiger charge is -2.12. The molecule has 1 aromatic carbocycles. The molecular weight excluding hydrogens is 336 g/mol. The van der Waals surface area contributed by atoms with Crippen molar-refractivity contribution in [1.29, 1.82) is 0 Å². The Labute approximate surface area is 150 Å². The number of amides is 1. The fraction of sp³-hybridized carbons (Fsp3) is 0.294. The summed E-state index contributed by atoms with van der Waals surface area (Å²) in [6.07, 6.45) is 1.66. The number of nitrogens with zero attached hydrogens (tertiary/aromatic N) is 4. The summed E-state index contributed by atoms with van der Waals surface area (Å²) in [5.74, 6) is 1.11. The van der Waals surface area contributed by atoms with Crippen LogP contribution >= 0.6 is 12.2 Å². The number of hydrogen-bond donors (Lipinski definition) is 2. The highest BCUT2D eigenvalue weighted by Gasteiger charge is 2.14. The van der Waals surface area contributed by atoms with Crippen LogP contribution in [-0.4, -0.2) is 30.5 Å². The molecule has 25 heavy (non-hydrogen) atoms. The zero-order chi connectivity index (χ0) is 18.0. The molecule has 1 amide bonds. The molecule has 3 aromatic rings. The van der Waals surface area contributed by atoms with Crippen LogP contribution in [0.4, 0.5) is 5.82 Å². The van der Waals surface area contributed by atoms with Crippen molar-refractivity contribution < 1.29 is 4.79 Å². The zero-order valence-electron chi connectivity index (χ0n) is 14.4. The van der Waals surface area contributed by atoms with Crippen LogP contribution in [0.2, 0.25) is 0 Å². The fourth-order valence-electron chi connectivity index (χ4n) is 2.62. The van der Waals surface area contributed by atoms with E-state index in [-0.39, 0.29) is 18.5 Å². The number of hydrogen-bond acceptors (Lipinski definition) is 4. The van der Waals surface area contributed by atoms with E-state index >= 15 is 0 Å². The molecule has 0 aliphatic heterocycles. The first kappa shape index (κ1) is 17.1. The number of aromatic nitrogens is 5. The molecule has 0 saturated carbocycles. The van der Waals surface area contributed by atoms with Crippen molar-refractivity contribution in [1.82, 2.24) is 24.5 Å². The SMILES string of the molecule is Cc1cccc(-c2n[nH]c(=S)n2CC(=O)Nc2ccnn2C(C)C)c1. The van der Waals surface area contributed by atoms with E-state index in [9.17, 15) is 4.79 Å². The fourth-order valence-corrected chi connectivity index (χ4v) is 2.82. The first-order valence-corrected chi connectivity index (χ1v) is 8.42. The van der Waals surface area contributed by atoms with Gasteiger partial charge < -0.3 is 5.32 Å². The van der Waals surface area contributed by atoms with Gasteiger partial charge in [-0.3, -0.25) is 14.5 Å². The first-order chi connectivity index (χ1) is 12.0. The summed E-state index contributed by atoms with van der Waals surface area (Å²) >= 11 is 5.29. The highest BCUT2D eigenvalue weighted by atomic mass is 32.1. The third-order valence-corrected chi connectivity index (χ3v) is 4.07. The number of carbonyl (C=O) groups is 1. The Balaban J connectivity index is 1.84. The minimum absolute atomic E-state index is 0.0713. The van der Waals surface area contributed by atoms with Crippen molar-refractivity contribution >= 4 is 23.9 Å². The predicted molar refractivity (Wildman–Crippen MR) is 98.8 cm³/mol. The number of benzene rings is 1. The quantitative estimate of drug-likeness (QED) is 0.687. The monoisotopic (exact) mass is 356 g/mol. The summed E-state index contributed by atoms with van der Waals surface area (Å²) in [6.45, 7) is 6.09. The van der Waals surface area contributed by atoms with Crippen molar-refractivity contribution in [3.8, 4) is 11.4 Å². The second-order valence-electron chi connectivity index (χ2n) is 6.11. The molecule has 0 atom stereocenters. The first-order valence-electron chi connectivity index (χ1n) is 8.01. The summed E-state index contributed by atoms with van der Waals surface area (Å²) in [7, 11) is 0. The minimum atomic E-state index is -0.186. The van der Waals surface area contributed by atoms with Crippen molar-refractivity contribution in [3.63, 3.8) is 0 Å². The molecule has 2 heterocycles. The molecule has 0 aliphatic rings. The maximum atomic E-state index is 12.5. The van der Waals surface area contributed by atoms with Gasteiger partial charge in [-0.1, -0.05) is 23.8 Å². The van der Waals surface area contributed by atoms with Crippen molar-refractivity contribution in [3.05, 3.63) is 46.9 Å². The molecular formula is C17H20N6OS. The van der Waals surface area contributed by atoms with Crippen LogP contribution in [0.15, 0.2) is 36.5 Å². The van der Waals surface area contributed by atoms with Gasteiger partial charge >= 0.3 is 0 Å². The maximum Gasteiger partial charge on any atom is 0.245 e. The van der Waals surface area contributed by atoms with Gasteiger partial charge in [-0.25, -0.2) is 4.68 Å². The predicted octanol–water partition coefficient (Wildman–Crippen LogP) is 3.33. The van der Waals surface area contributed by atoms with Crippen molar-refractivity contribution in [2.24, 2.45) is 0 Å². The van der Waals surface area contributed by atoms with Gasteiger partial charge in [-0.15, -0.1) is 0 Å². The minimum Gasteiger partial charge on any atom is -0.309 e. The molecule has 8 heteroatoms. The molecule has 3 rings (SSSR count). The van der Waals surface area contributed by atoms with Crippen LogP contribution in [0.3, 0.4) is 0 Å². The highest BCUT2D eigenvalue weighted by Crippen LogP contribution is 2.19. The summed E-state index contributed by atoms with van der Waals surface area (Å²) in [5, 5.41) is 14.1. The average molecular weight is 356 g/mol. The molecule has 0 fully saturated rings. The Kier molecular flexibility index (Phi) is 4.80. The number of aryl methyl sites for hydroxylation is 1. The summed E-state index contributed by atoms with van der Waals surface area (Å²) in [4.78, 5) is 12.5. The molecule has 0 aliphatic carbocycles. The Morgan fingerprint density at radius 1 is 1.36 bits per heavy atom. The van der Waals surface area contributed by atoms with Crippen LogP contribution in [-0.2, 0) is 11.3 Å². The molecule has 0 saturated heterocycles. The molecule has 130 valence electrons. The van der Waals surface area contributed by atoms with E-state index in [1.54, 1.807) is 21.5 Å². The summed E-state index contributed by atoms with van der Waals surface area (Å²) in [6, 6.07) is 9.84. The van der Waals surface area contributed by atoms with Crippen molar-refractivity contribution in [2.45, 2.75) is 33.4 Å². The Morgan fingerprint density at radius 3 is 2.88 bits per heavy atom. The Morgan fingerprint density at radius 2 is 2.16 bits per heavy atom. The molecule has 7 nitrogen and oxygen atoms in total. The standard InChI is InChI=1S/C17H20N6OS/c1-11(2)23-14(7-8-18-23)19-15(24)10-22-16(20-21-17(22)25)13-6-4-5-12(3)9-13/h4-9,11H,10H2,1-3H3,(H,19,24)(H,21,25). The van der Waals surface area contributed by atoms with Crippen LogP contribution < -0.4 is 5.32 Å². The lowest BCUT2D eigenvalue weighted by Crippen LogP contribution is -2.22. The van der Waals surface area contributed by atoms with E-state index < -0.39 is 0 Å². The van der Waals surface area contributed by atoms with E-state index in [0.717, 1.165) is 11.1 Å². The second kappa shape index (κ2) is 7.02. The smallest absolute Gasteiger partial charge is 0.245 e. The van der Waals surface area contributed by atoms with E-state index in [1.807, 2.05) is 45.0 Å². The number of H-pyrrole nitrogens is 1. The van der Waals surface area contributed by atoms with Crippen LogP contribution in [0.25, 0.3) is 11.4 Å². The zero-order valence-corrected chi connectivity index (χ0v) is 15.2. The molecule has 0 unspecified atom stereocenters. The lowest BCUT2D eigenvalue weighted by molar-refractivity contribution is -0.116. The van der Waals surface area contributed by atoms with E-state index in [4.69, 9.17) is 12.2 Å². The van der Waals surface area contributed by atoms with Gasteiger partial charge in [0, 0.05) is 17.7 Å². The average Bonchev–Trinajstić information content (AvgIpc) is 3.15.